The van der Waals surface area contributed by atoms with Gasteiger partial charge in [-0.3, -0.25) is 4.79 Å². The van der Waals surface area contributed by atoms with Crippen molar-refractivity contribution >= 4 is 17.4 Å². The molecule has 6 heteroatoms. The van der Waals surface area contributed by atoms with Crippen molar-refractivity contribution in [3.63, 3.8) is 0 Å². The Kier molecular flexibility index (Phi) is 7.66. The normalized spacial score (nSPS) is 10.3. The van der Waals surface area contributed by atoms with E-state index in [-0.39, 0.29) is 5.91 Å². The molecule has 0 aliphatic carbocycles. The third kappa shape index (κ3) is 6.51. The number of hydrogen-bond acceptors (Lipinski definition) is 5. The van der Waals surface area contributed by atoms with Crippen LogP contribution in [0.15, 0.2) is 66.9 Å². The summed E-state index contributed by atoms with van der Waals surface area (Å²) in [4.78, 5) is 16.6. The second-order valence-corrected chi connectivity index (χ2v) is 6.76. The van der Waals surface area contributed by atoms with Crippen molar-refractivity contribution < 1.29 is 14.3 Å². The minimum atomic E-state index is -0.0822. The SMILES string of the molecule is CCOc1ccc(CC(=O)Nc2ccc(NCCc3ccc(OC)cc3)nc2)cc1. The maximum absolute atomic E-state index is 12.3. The Hall–Kier alpha value is -3.54. The van der Waals surface area contributed by atoms with E-state index < -0.39 is 0 Å². The monoisotopic (exact) mass is 405 g/mol. The fraction of sp³-hybridized carbons (Fsp3) is 0.250. The summed E-state index contributed by atoms with van der Waals surface area (Å²) in [6.45, 7) is 3.33. The second kappa shape index (κ2) is 10.9. The lowest BCUT2D eigenvalue weighted by molar-refractivity contribution is -0.115. The lowest BCUT2D eigenvalue weighted by atomic mass is 10.1. The minimum absolute atomic E-state index is 0.0822. The Labute approximate surface area is 177 Å². The van der Waals surface area contributed by atoms with Crippen molar-refractivity contribution in [2.45, 2.75) is 19.8 Å². The largest absolute Gasteiger partial charge is 0.497 e. The molecular formula is C24H27N3O3. The number of nitrogens with zero attached hydrogens (tertiary/aromatic N) is 1. The molecule has 3 aromatic rings. The molecule has 6 nitrogen and oxygen atoms in total. The van der Waals surface area contributed by atoms with Crippen LogP contribution in [0.1, 0.15) is 18.1 Å². The standard InChI is InChI=1S/C24H27N3O3/c1-3-30-22-11-6-19(7-12-22)16-24(28)27-20-8-13-23(26-17-20)25-15-14-18-4-9-21(29-2)10-5-18/h4-13,17H,3,14-16H2,1-2H3,(H,25,26)(H,27,28). The van der Waals surface area contributed by atoms with Crippen molar-refractivity contribution in [3.05, 3.63) is 78.0 Å². The van der Waals surface area contributed by atoms with Crippen LogP contribution >= 0.6 is 0 Å². The zero-order chi connectivity index (χ0) is 21.2. The molecule has 0 saturated heterocycles. The van der Waals surface area contributed by atoms with E-state index in [1.165, 1.54) is 5.56 Å². The number of amides is 1. The van der Waals surface area contributed by atoms with Crippen LogP contribution in [-0.2, 0) is 17.6 Å². The highest BCUT2D eigenvalue weighted by atomic mass is 16.5. The number of rotatable bonds is 10. The molecule has 2 N–H and O–H groups in total. The number of nitrogens with one attached hydrogen (secondary N) is 2. The molecule has 0 saturated carbocycles. The molecule has 0 bridgehead atoms. The molecule has 0 radical (unpaired) electrons. The number of carbonyl (C=O) groups excluding carboxylic acids is 1. The number of pyridine rings is 1. The highest BCUT2D eigenvalue weighted by molar-refractivity contribution is 5.92. The Bertz CT molecular complexity index is 923. The summed E-state index contributed by atoms with van der Waals surface area (Å²) in [5.74, 6) is 2.35. The highest BCUT2D eigenvalue weighted by Crippen LogP contribution is 2.15. The minimum Gasteiger partial charge on any atom is -0.497 e. The van der Waals surface area contributed by atoms with Crippen LogP contribution in [0.4, 0.5) is 11.5 Å². The van der Waals surface area contributed by atoms with Crippen molar-refractivity contribution in [1.82, 2.24) is 4.98 Å². The summed E-state index contributed by atoms with van der Waals surface area (Å²) < 4.78 is 10.6. The van der Waals surface area contributed by atoms with Gasteiger partial charge in [0, 0.05) is 6.54 Å². The van der Waals surface area contributed by atoms with E-state index in [1.54, 1.807) is 13.3 Å². The first kappa shape index (κ1) is 21.2. The summed E-state index contributed by atoms with van der Waals surface area (Å²) in [6, 6.07) is 19.3. The first-order valence-electron chi connectivity index (χ1n) is 10.0. The van der Waals surface area contributed by atoms with Crippen molar-refractivity contribution in [2.75, 3.05) is 30.9 Å². The van der Waals surface area contributed by atoms with Crippen LogP contribution < -0.4 is 20.1 Å². The van der Waals surface area contributed by atoms with Gasteiger partial charge in [-0.1, -0.05) is 24.3 Å². The van der Waals surface area contributed by atoms with Gasteiger partial charge in [-0.15, -0.1) is 0 Å². The van der Waals surface area contributed by atoms with E-state index >= 15 is 0 Å². The Morgan fingerprint density at radius 3 is 2.27 bits per heavy atom. The molecule has 0 unspecified atom stereocenters. The van der Waals surface area contributed by atoms with Gasteiger partial charge in [-0.05, 0) is 60.9 Å². The van der Waals surface area contributed by atoms with Gasteiger partial charge in [0.05, 0.1) is 32.0 Å². The van der Waals surface area contributed by atoms with Crippen LogP contribution in [0.25, 0.3) is 0 Å². The van der Waals surface area contributed by atoms with E-state index in [0.29, 0.717) is 18.7 Å². The van der Waals surface area contributed by atoms with Gasteiger partial charge in [-0.2, -0.15) is 0 Å². The van der Waals surface area contributed by atoms with Crippen molar-refractivity contribution in [3.8, 4) is 11.5 Å². The number of methoxy groups -OCH3 is 1. The number of benzene rings is 2. The average molecular weight is 405 g/mol. The Balaban J connectivity index is 1.43. The molecule has 1 amide bonds. The molecule has 3 rings (SSSR count). The topological polar surface area (TPSA) is 72.5 Å². The van der Waals surface area contributed by atoms with E-state index in [0.717, 1.165) is 35.8 Å². The molecule has 0 aliphatic heterocycles. The number of aromatic nitrogens is 1. The number of carbonyl (C=O) groups is 1. The zero-order valence-electron chi connectivity index (χ0n) is 17.4. The van der Waals surface area contributed by atoms with E-state index in [4.69, 9.17) is 9.47 Å². The van der Waals surface area contributed by atoms with Crippen LogP contribution in [0.2, 0.25) is 0 Å². The number of ether oxygens (including phenoxy) is 2. The van der Waals surface area contributed by atoms with E-state index in [1.807, 2.05) is 55.5 Å². The van der Waals surface area contributed by atoms with Gasteiger partial charge in [0.2, 0.25) is 5.91 Å². The third-order valence-corrected chi connectivity index (χ3v) is 4.53. The Morgan fingerprint density at radius 1 is 0.933 bits per heavy atom. The lowest BCUT2D eigenvalue weighted by Crippen LogP contribution is -2.14. The molecule has 0 atom stereocenters. The summed E-state index contributed by atoms with van der Waals surface area (Å²) in [5.41, 5.74) is 2.83. The Morgan fingerprint density at radius 2 is 1.63 bits per heavy atom. The maximum Gasteiger partial charge on any atom is 0.228 e. The molecule has 0 spiro atoms. The summed E-state index contributed by atoms with van der Waals surface area (Å²) in [5, 5.41) is 6.17. The van der Waals surface area contributed by atoms with E-state index in [2.05, 4.69) is 27.8 Å². The molecule has 156 valence electrons. The first-order valence-corrected chi connectivity index (χ1v) is 10.0. The molecule has 0 aliphatic rings. The summed E-state index contributed by atoms with van der Waals surface area (Å²) >= 11 is 0. The lowest BCUT2D eigenvalue weighted by Gasteiger charge is -2.09. The predicted molar refractivity (Wildman–Crippen MR) is 119 cm³/mol. The van der Waals surface area contributed by atoms with Gasteiger partial charge < -0.3 is 20.1 Å². The molecule has 2 aromatic carbocycles. The maximum atomic E-state index is 12.3. The van der Waals surface area contributed by atoms with Crippen LogP contribution in [0.5, 0.6) is 11.5 Å². The molecule has 1 aromatic heterocycles. The summed E-state index contributed by atoms with van der Waals surface area (Å²) in [6.07, 6.45) is 2.84. The zero-order valence-corrected chi connectivity index (χ0v) is 17.4. The first-order chi connectivity index (χ1) is 14.7. The van der Waals surface area contributed by atoms with Crippen LogP contribution in [0.3, 0.4) is 0 Å². The van der Waals surface area contributed by atoms with Gasteiger partial charge in [0.15, 0.2) is 0 Å². The van der Waals surface area contributed by atoms with Crippen molar-refractivity contribution in [1.29, 1.82) is 0 Å². The van der Waals surface area contributed by atoms with Gasteiger partial charge in [0.1, 0.15) is 17.3 Å². The predicted octanol–water partition coefficient (Wildman–Crippen LogP) is 4.32. The van der Waals surface area contributed by atoms with Crippen LogP contribution in [-0.4, -0.2) is 31.2 Å². The fourth-order valence-corrected chi connectivity index (χ4v) is 2.96. The number of hydrogen-bond donors (Lipinski definition) is 2. The van der Waals surface area contributed by atoms with E-state index in [9.17, 15) is 4.79 Å². The fourth-order valence-electron chi connectivity index (χ4n) is 2.96. The molecule has 30 heavy (non-hydrogen) atoms. The average Bonchev–Trinajstić information content (AvgIpc) is 2.77. The third-order valence-electron chi connectivity index (χ3n) is 4.53. The number of anilines is 2. The smallest absolute Gasteiger partial charge is 0.228 e. The van der Waals surface area contributed by atoms with Gasteiger partial charge in [-0.25, -0.2) is 4.98 Å². The second-order valence-electron chi connectivity index (χ2n) is 6.76. The highest BCUT2D eigenvalue weighted by Gasteiger charge is 2.05. The summed E-state index contributed by atoms with van der Waals surface area (Å²) in [7, 11) is 1.66. The van der Waals surface area contributed by atoms with Crippen LogP contribution in [0, 0.1) is 0 Å². The molecule has 0 fully saturated rings. The molecule has 1 heterocycles. The van der Waals surface area contributed by atoms with Crippen molar-refractivity contribution in [2.24, 2.45) is 0 Å². The quantitative estimate of drug-likeness (QED) is 0.525. The van der Waals surface area contributed by atoms with Gasteiger partial charge in [0.25, 0.3) is 0 Å². The molecular weight excluding hydrogens is 378 g/mol. The van der Waals surface area contributed by atoms with Gasteiger partial charge >= 0.3 is 0 Å².